The molecule has 1 aliphatic carbocycles. The number of halogens is 2. The van der Waals surface area contributed by atoms with Crippen LogP contribution in [0.15, 0.2) is 130 Å². The van der Waals surface area contributed by atoms with E-state index in [-0.39, 0.29) is 18.0 Å². The lowest BCUT2D eigenvalue weighted by atomic mass is 9.88. The van der Waals surface area contributed by atoms with Gasteiger partial charge in [0.15, 0.2) is 12.1 Å². The van der Waals surface area contributed by atoms with Gasteiger partial charge in [0.25, 0.3) is 0 Å². The van der Waals surface area contributed by atoms with Gasteiger partial charge in [0.1, 0.15) is 5.75 Å². The number of esters is 1. The number of rotatable bonds is 17. The van der Waals surface area contributed by atoms with E-state index < -0.39 is 0 Å². The number of aryl methyl sites for hydroxylation is 1. The van der Waals surface area contributed by atoms with Gasteiger partial charge in [-0.05, 0) is 114 Å². The van der Waals surface area contributed by atoms with Gasteiger partial charge in [0, 0.05) is 44.1 Å². The Bertz CT molecular complexity index is 2210. The van der Waals surface area contributed by atoms with Gasteiger partial charge in [-0.2, -0.15) is 0 Å². The zero-order chi connectivity index (χ0) is 40.3. The van der Waals surface area contributed by atoms with Gasteiger partial charge in [0.2, 0.25) is 0 Å². The number of ketones is 1. The predicted octanol–water partition coefficient (Wildman–Crippen LogP) is 13.7. The third-order valence-corrected chi connectivity index (χ3v) is 11.9. The molecule has 58 heavy (non-hydrogen) atoms. The first kappa shape index (κ1) is 41.6. The summed E-state index contributed by atoms with van der Waals surface area (Å²) in [6, 6.07) is 41.7. The van der Waals surface area contributed by atoms with Gasteiger partial charge in [0.05, 0.1) is 13.2 Å². The minimum absolute atomic E-state index is 0.0209. The first-order valence-corrected chi connectivity index (χ1v) is 22.3. The molecule has 7 heteroatoms. The van der Waals surface area contributed by atoms with E-state index in [2.05, 4.69) is 105 Å². The van der Waals surface area contributed by atoms with Crippen LogP contribution in [-0.2, 0) is 25.5 Å². The normalized spacial score (nSPS) is 15.6. The standard InChI is InChI=1S/C51H50Br2O5/c1-2-56-45(54)12-8-6-4-3-5-7-11-35-14-16-40(17-15-35)49-48(39-22-28-42(52)29-23-39)47(50(51(49)55)41-24-30-43(53)31-25-41)38-20-18-36(19-21-38)37-26-32-44(33-27-37)58-46-13-9-10-34-57-46/h14-33,46H,2-13,34H2,1H3. The smallest absolute Gasteiger partial charge is 0.305 e. The van der Waals surface area contributed by atoms with Crippen molar-refractivity contribution >= 4 is 65.9 Å². The highest BCUT2D eigenvalue weighted by Gasteiger charge is 2.35. The minimum Gasteiger partial charge on any atom is -0.466 e. The number of benzene rings is 5. The van der Waals surface area contributed by atoms with Crippen molar-refractivity contribution in [2.75, 3.05) is 13.2 Å². The van der Waals surface area contributed by atoms with Crippen LogP contribution in [0.2, 0.25) is 0 Å². The molecule has 5 aromatic carbocycles. The number of hydrogen-bond donors (Lipinski definition) is 0. The fraction of sp³-hybridized carbons (Fsp3) is 0.294. The molecular formula is C51H50Br2O5. The number of Topliss-reactive ketones (excluding diaryl/α,β-unsaturated/α-hetero) is 1. The van der Waals surface area contributed by atoms with Gasteiger partial charge in [-0.3, -0.25) is 9.59 Å². The van der Waals surface area contributed by atoms with Crippen LogP contribution in [0.3, 0.4) is 0 Å². The van der Waals surface area contributed by atoms with E-state index in [0.717, 1.165) is 130 Å². The highest BCUT2D eigenvalue weighted by molar-refractivity contribution is 9.10. The van der Waals surface area contributed by atoms with E-state index in [1.54, 1.807) is 0 Å². The second-order valence-electron chi connectivity index (χ2n) is 15.0. The molecule has 1 atom stereocenters. The Morgan fingerprint density at radius 3 is 1.59 bits per heavy atom. The van der Waals surface area contributed by atoms with Crippen LogP contribution >= 0.6 is 31.9 Å². The summed E-state index contributed by atoms with van der Waals surface area (Å²) < 4.78 is 18.8. The number of hydrogen-bond acceptors (Lipinski definition) is 5. The summed E-state index contributed by atoms with van der Waals surface area (Å²) in [5.74, 6) is 0.736. The number of allylic oxidation sites excluding steroid dienone is 4. The maximum Gasteiger partial charge on any atom is 0.305 e. The Hall–Kier alpha value is -4.56. The summed E-state index contributed by atoms with van der Waals surface area (Å²) in [6.07, 6.45) is 10.9. The van der Waals surface area contributed by atoms with E-state index in [1.807, 2.05) is 55.5 Å². The van der Waals surface area contributed by atoms with E-state index in [1.165, 1.54) is 5.56 Å². The first-order valence-electron chi connectivity index (χ1n) is 20.7. The summed E-state index contributed by atoms with van der Waals surface area (Å²) in [5.41, 5.74) is 10.5. The van der Waals surface area contributed by atoms with Crippen LogP contribution in [0.5, 0.6) is 5.75 Å². The molecule has 1 saturated heterocycles. The van der Waals surface area contributed by atoms with Crippen LogP contribution in [0, 0.1) is 0 Å². The molecule has 0 saturated carbocycles. The summed E-state index contributed by atoms with van der Waals surface area (Å²) in [4.78, 5) is 26.6. The van der Waals surface area contributed by atoms with Crippen molar-refractivity contribution in [3.8, 4) is 16.9 Å². The van der Waals surface area contributed by atoms with Crippen LogP contribution in [0.25, 0.3) is 33.4 Å². The molecule has 0 aromatic heterocycles. The van der Waals surface area contributed by atoms with Gasteiger partial charge < -0.3 is 14.2 Å². The molecule has 0 amide bonds. The minimum atomic E-state index is -0.181. The fourth-order valence-electron chi connectivity index (χ4n) is 7.85. The molecule has 0 radical (unpaired) electrons. The number of ether oxygens (including phenoxy) is 3. The molecule has 0 spiro atoms. The van der Waals surface area contributed by atoms with Gasteiger partial charge in [-0.15, -0.1) is 0 Å². The molecule has 298 valence electrons. The molecule has 1 aliphatic heterocycles. The lowest BCUT2D eigenvalue weighted by Crippen LogP contribution is -2.24. The van der Waals surface area contributed by atoms with Gasteiger partial charge in [-0.1, -0.05) is 142 Å². The lowest BCUT2D eigenvalue weighted by molar-refractivity contribution is -0.143. The van der Waals surface area contributed by atoms with Crippen molar-refractivity contribution in [2.24, 2.45) is 0 Å². The van der Waals surface area contributed by atoms with Crippen molar-refractivity contribution < 1.29 is 23.8 Å². The molecule has 1 heterocycles. The highest BCUT2D eigenvalue weighted by atomic mass is 79.9. The molecule has 1 fully saturated rings. The van der Waals surface area contributed by atoms with E-state index in [9.17, 15) is 9.59 Å². The van der Waals surface area contributed by atoms with Crippen LogP contribution < -0.4 is 4.74 Å². The highest BCUT2D eigenvalue weighted by Crippen LogP contribution is 2.50. The molecule has 1 unspecified atom stereocenters. The van der Waals surface area contributed by atoms with Crippen molar-refractivity contribution in [1.82, 2.24) is 0 Å². The molecule has 0 bridgehead atoms. The monoisotopic (exact) mass is 900 g/mol. The van der Waals surface area contributed by atoms with Crippen LogP contribution in [0.4, 0.5) is 0 Å². The second-order valence-corrected chi connectivity index (χ2v) is 16.8. The molecule has 7 rings (SSSR count). The zero-order valence-corrected chi connectivity index (χ0v) is 36.3. The molecule has 2 aliphatic rings. The predicted molar refractivity (Wildman–Crippen MR) is 242 cm³/mol. The first-order chi connectivity index (χ1) is 28.4. The summed E-state index contributed by atoms with van der Waals surface area (Å²) in [7, 11) is 0. The number of carbonyl (C=O) groups is 2. The Morgan fingerprint density at radius 1 is 0.586 bits per heavy atom. The molecule has 5 aromatic rings. The average Bonchev–Trinajstić information content (AvgIpc) is 3.55. The Balaban J connectivity index is 1.15. The fourth-order valence-corrected chi connectivity index (χ4v) is 8.38. The topological polar surface area (TPSA) is 61.8 Å². The second kappa shape index (κ2) is 20.4. The zero-order valence-electron chi connectivity index (χ0n) is 33.1. The lowest BCUT2D eigenvalue weighted by Gasteiger charge is -2.23. The van der Waals surface area contributed by atoms with Crippen LogP contribution in [0.1, 0.15) is 98.9 Å². The van der Waals surface area contributed by atoms with E-state index >= 15 is 0 Å². The van der Waals surface area contributed by atoms with Crippen molar-refractivity contribution in [2.45, 2.75) is 83.8 Å². The Labute approximate surface area is 359 Å². The summed E-state index contributed by atoms with van der Waals surface area (Å²) in [6.45, 7) is 3.04. The number of carbonyl (C=O) groups excluding carboxylic acids is 2. The maximum absolute atomic E-state index is 15.0. The largest absolute Gasteiger partial charge is 0.466 e. The SMILES string of the molecule is CCOC(=O)CCCCCCCCc1ccc(C2=C(c3ccc(Br)cc3)C(c3ccc(-c4ccc(OC5CCCCO5)cc4)cc3)=C(c3ccc(Br)cc3)C2=O)cc1. The molecule has 0 N–H and O–H groups in total. The van der Waals surface area contributed by atoms with E-state index in [4.69, 9.17) is 14.2 Å². The van der Waals surface area contributed by atoms with Crippen molar-refractivity contribution in [3.05, 3.63) is 158 Å². The third kappa shape index (κ3) is 10.5. The quantitative estimate of drug-likeness (QED) is 0.0687. The van der Waals surface area contributed by atoms with E-state index in [0.29, 0.717) is 24.2 Å². The van der Waals surface area contributed by atoms with Crippen molar-refractivity contribution in [3.63, 3.8) is 0 Å². The number of unbranched alkanes of at least 4 members (excludes halogenated alkanes) is 5. The van der Waals surface area contributed by atoms with Gasteiger partial charge >= 0.3 is 5.97 Å². The Kier molecular flexibility index (Phi) is 14.6. The van der Waals surface area contributed by atoms with Crippen molar-refractivity contribution in [1.29, 1.82) is 0 Å². The molecule has 5 nitrogen and oxygen atoms in total. The third-order valence-electron chi connectivity index (χ3n) is 10.9. The average molecular weight is 903 g/mol. The summed E-state index contributed by atoms with van der Waals surface area (Å²) >= 11 is 7.23. The Morgan fingerprint density at radius 2 is 1.05 bits per heavy atom. The summed E-state index contributed by atoms with van der Waals surface area (Å²) in [5, 5.41) is 0. The van der Waals surface area contributed by atoms with Crippen LogP contribution in [-0.4, -0.2) is 31.3 Å². The molecular weight excluding hydrogens is 852 g/mol. The maximum atomic E-state index is 15.0. The van der Waals surface area contributed by atoms with Gasteiger partial charge in [-0.25, -0.2) is 0 Å².